The van der Waals surface area contributed by atoms with E-state index in [0.29, 0.717) is 24.9 Å². The van der Waals surface area contributed by atoms with Gasteiger partial charge in [0, 0.05) is 19.1 Å². The Labute approximate surface area is 113 Å². The van der Waals surface area contributed by atoms with Crippen molar-refractivity contribution in [3.63, 3.8) is 0 Å². The maximum Gasteiger partial charge on any atom is 0.329 e. The third-order valence-corrected chi connectivity index (χ3v) is 5.24. The Morgan fingerprint density at radius 3 is 2.63 bits per heavy atom. The Morgan fingerprint density at radius 2 is 2.05 bits per heavy atom. The minimum Gasteiger partial charge on any atom is -0.480 e. The van der Waals surface area contributed by atoms with E-state index in [1.807, 2.05) is 4.90 Å². The number of likely N-dealkylation sites (tertiary alicyclic amines) is 2. The van der Waals surface area contributed by atoms with E-state index in [9.17, 15) is 14.7 Å². The molecule has 3 rings (SSSR count). The van der Waals surface area contributed by atoms with E-state index < -0.39 is 11.5 Å². The molecule has 1 N–H and O–H groups in total. The van der Waals surface area contributed by atoms with Crippen LogP contribution >= 0.6 is 0 Å². The van der Waals surface area contributed by atoms with Crippen molar-refractivity contribution in [3.8, 4) is 0 Å². The molecule has 5 heteroatoms. The van der Waals surface area contributed by atoms with Crippen molar-refractivity contribution < 1.29 is 14.7 Å². The summed E-state index contributed by atoms with van der Waals surface area (Å²) < 4.78 is 0. The molecule has 3 unspecified atom stereocenters. The molecule has 0 aromatic carbocycles. The van der Waals surface area contributed by atoms with Gasteiger partial charge >= 0.3 is 12.0 Å². The number of amides is 2. The molecular weight excluding hydrogens is 244 g/mol. The van der Waals surface area contributed by atoms with E-state index in [1.54, 1.807) is 11.8 Å². The van der Waals surface area contributed by atoms with Crippen molar-refractivity contribution >= 4 is 12.0 Å². The van der Waals surface area contributed by atoms with Crippen LogP contribution in [0.3, 0.4) is 0 Å². The molecule has 3 aliphatic rings. The average molecular weight is 266 g/mol. The lowest BCUT2D eigenvalue weighted by Gasteiger charge is -2.44. The van der Waals surface area contributed by atoms with Crippen LogP contribution in [0.5, 0.6) is 0 Å². The van der Waals surface area contributed by atoms with Crippen LogP contribution in [-0.2, 0) is 4.79 Å². The first kappa shape index (κ1) is 12.8. The molecule has 2 saturated heterocycles. The lowest BCUT2D eigenvalue weighted by Crippen LogP contribution is -2.61. The number of aliphatic carboxylic acids is 1. The van der Waals surface area contributed by atoms with Gasteiger partial charge in [0.05, 0.1) is 0 Å². The Kier molecular flexibility index (Phi) is 2.95. The fourth-order valence-corrected chi connectivity index (χ4v) is 3.96. The summed E-state index contributed by atoms with van der Waals surface area (Å²) in [6.45, 7) is 3.10. The zero-order valence-corrected chi connectivity index (χ0v) is 11.5. The number of carbonyl (C=O) groups is 2. The van der Waals surface area contributed by atoms with Gasteiger partial charge in [-0.2, -0.15) is 0 Å². The minimum absolute atomic E-state index is 0.0446. The predicted octanol–water partition coefficient (Wildman–Crippen LogP) is 1.92. The highest BCUT2D eigenvalue weighted by atomic mass is 16.4. The van der Waals surface area contributed by atoms with Gasteiger partial charge in [0.2, 0.25) is 0 Å². The summed E-state index contributed by atoms with van der Waals surface area (Å²) in [5.41, 5.74) is -1.02. The minimum atomic E-state index is -1.02. The number of carbonyl (C=O) groups excluding carboxylic acids is 1. The molecule has 2 aliphatic heterocycles. The molecular formula is C14H22N2O3. The van der Waals surface area contributed by atoms with Crippen LogP contribution in [0, 0.1) is 5.92 Å². The molecule has 106 valence electrons. The second-order valence-corrected chi connectivity index (χ2v) is 6.46. The summed E-state index contributed by atoms with van der Waals surface area (Å²) in [6, 6.07) is 0.314. The molecule has 2 amide bonds. The number of hydrogen-bond acceptors (Lipinski definition) is 2. The smallest absolute Gasteiger partial charge is 0.329 e. The molecule has 2 bridgehead atoms. The number of fused-ring (bicyclic) bond motifs is 2. The normalized spacial score (nSPS) is 37.7. The van der Waals surface area contributed by atoms with Crippen LogP contribution in [0.25, 0.3) is 0 Å². The van der Waals surface area contributed by atoms with E-state index in [1.165, 1.54) is 6.42 Å². The quantitative estimate of drug-likeness (QED) is 0.788. The van der Waals surface area contributed by atoms with Gasteiger partial charge in [-0.1, -0.05) is 0 Å². The number of piperidine rings is 2. The van der Waals surface area contributed by atoms with E-state index >= 15 is 0 Å². The second-order valence-electron chi connectivity index (χ2n) is 6.46. The third-order valence-electron chi connectivity index (χ3n) is 5.24. The molecule has 0 spiro atoms. The molecule has 3 fully saturated rings. The molecule has 1 aliphatic carbocycles. The first-order valence-corrected chi connectivity index (χ1v) is 7.34. The highest BCUT2D eigenvalue weighted by Crippen LogP contribution is 2.39. The fraction of sp³-hybridized carbons (Fsp3) is 0.857. The monoisotopic (exact) mass is 266 g/mol. The molecule has 0 radical (unpaired) electrons. The Hall–Kier alpha value is -1.26. The van der Waals surface area contributed by atoms with Crippen LogP contribution in [0.1, 0.15) is 45.4 Å². The summed E-state index contributed by atoms with van der Waals surface area (Å²) in [5, 5.41) is 9.48. The molecule has 1 saturated carbocycles. The summed E-state index contributed by atoms with van der Waals surface area (Å²) >= 11 is 0. The van der Waals surface area contributed by atoms with Gasteiger partial charge in [0.15, 0.2) is 0 Å². The average Bonchev–Trinajstić information content (AvgIpc) is 3.00. The first-order chi connectivity index (χ1) is 9.02. The molecule has 2 heterocycles. The Bertz CT molecular complexity index is 411. The fourth-order valence-electron chi connectivity index (χ4n) is 3.96. The van der Waals surface area contributed by atoms with Gasteiger partial charge in [0.25, 0.3) is 0 Å². The number of nitrogens with zero attached hydrogens (tertiary/aromatic N) is 2. The van der Waals surface area contributed by atoms with Crippen molar-refractivity contribution in [1.82, 2.24) is 9.80 Å². The van der Waals surface area contributed by atoms with E-state index in [4.69, 9.17) is 0 Å². The summed E-state index contributed by atoms with van der Waals surface area (Å²) in [6.07, 6.45) is 5.80. The van der Waals surface area contributed by atoms with Gasteiger partial charge in [-0.15, -0.1) is 0 Å². The molecule has 5 nitrogen and oxygen atoms in total. The number of hydrogen-bond donors (Lipinski definition) is 1. The van der Waals surface area contributed by atoms with Crippen LogP contribution in [0.4, 0.5) is 4.79 Å². The maximum absolute atomic E-state index is 12.7. The van der Waals surface area contributed by atoms with E-state index in [-0.39, 0.29) is 6.03 Å². The van der Waals surface area contributed by atoms with Crippen LogP contribution in [0.15, 0.2) is 0 Å². The first-order valence-electron chi connectivity index (χ1n) is 7.34. The summed E-state index contributed by atoms with van der Waals surface area (Å²) in [4.78, 5) is 27.8. The molecule has 0 aromatic rings. The van der Waals surface area contributed by atoms with Crippen LogP contribution in [-0.4, -0.2) is 51.6 Å². The zero-order chi connectivity index (χ0) is 13.6. The molecule has 19 heavy (non-hydrogen) atoms. The number of urea groups is 1. The summed E-state index contributed by atoms with van der Waals surface area (Å²) in [7, 11) is 0. The zero-order valence-electron chi connectivity index (χ0n) is 11.5. The standard InChI is InChI=1S/C14H22N2O3/c1-14(12(17)18)6-2-3-7-16(14)13(19)15-9-10-4-5-11(15)8-10/h10-11H,2-9H2,1H3,(H,17,18). The second kappa shape index (κ2) is 4.39. The van der Waals surface area contributed by atoms with Crippen LogP contribution in [0.2, 0.25) is 0 Å². The largest absolute Gasteiger partial charge is 0.480 e. The highest BCUT2D eigenvalue weighted by Gasteiger charge is 2.48. The van der Waals surface area contributed by atoms with Crippen LogP contribution < -0.4 is 0 Å². The van der Waals surface area contributed by atoms with Crippen molar-refractivity contribution in [2.24, 2.45) is 5.92 Å². The number of carboxylic acids is 1. The Balaban J connectivity index is 1.79. The van der Waals surface area contributed by atoms with Gasteiger partial charge < -0.3 is 14.9 Å². The molecule has 3 atom stereocenters. The predicted molar refractivity (Wildman–Crippen MR) is 69.8 cm³/mol. The Morgan fingerprint density at radius 1 is 1.26 bits per heavy atom. The summed E-state index contributed by atoms with van der Waals surface area (Å²) in [5.74, 6) is -0.222. The van der Waals surface area contributed by atoms with Crippen molar-refractivity contribution in [2.45, 2.75) is 57.0 Å². The van der Waals surface area contributed by atoms with Crippen molar-refractivity contribution in [3.05, 3.63) is 0 Å². The van der Waals surface area contributed by atoms with Gasteiger partial charge in [-0.25, -0.2) is 9.59 Å². The third kappa shape index (κ3) is 1.90. The van der Waals surface area contributed by atoms with Gasteiger partial charge in [-0.3, -0.25) is 0 Å². The van der Waals surface area contributed by atoms with E-state index in [2.05, 4.69) is 0 Å². The number of carboxylic acid groups (broad SMARTS) is 1. The SMILES string of the molecule is CC1(C(=O)O)CCCCN1C(=O)N1CC2CCC1C2. The van der Waals surface area contributed by atoms with Crippen molar-refractivity contribution in [1.29, 1.82) is 0 Å². The van der Waals surface area contributed by atoms with Gasteiger partial charge in [0.1, 0.15) is 5.54 Å². The maximum atomic E-state index is 12.7. The highest BCUT2D eigenvalue weighted by molar-refractivity contribution is 5.86. The van der Waals surface area contributed by atoms with Gasteiger partial charge in [-0.05, 0) is 51.4 Å². The van der Waals surface area contributed by atoms with E-state index in [0.717, 1.165) is 32.2 Å². The lowest BCUT2D eigenvalue weighted by atomic mass is 9.88. The lowest BCUT2D eigenvalue weighted by molar-refractivity contribution is -0.150. The van der Waals surface area contributed by atoms with Crippen molar-refractivity contribution in [2.75, 3.05) is 13.1 Å². The number of rotatable bonds is 1. The topological polar surface area (TPSA) is 60.9 Å². The molecule has 0 aromatic heterocycles.